The molecular weight excluding hydrogens is 379 g/mol. The number of aryl methyl sites for hydroxylation is 2. The molecule has 0 unspecified atom stereocenters. The van der Waals surface area contributed by atoms with Gasteiger partial charge in [0.05, 0.1) is 12.1 Å². The van der Waals surface area contributed by atoms with E-state index >= 15 is 0 Å². The van der Waals surface area contributed by atoms with Gasteiger partial charge in [-0.05, 0) is 42.3 Å². The molecule has 0 aliphatic rings. The minimum Gasteiger partial charge on any atom is -0.492 e. The van der Waals surface area contributed by atoms with Gasteiger partial charge < -0.3 is 9.30 Å². The van der Waals surface area contributed by atoms with Crippen LogP contribution in [0.2, 0.25) is 0 Å². The Morgan fingerprint density at radius 3 is 2.38 bits per heavy atom. The molecule has 0 spiro atoms. The summed E-state index contributed by atoms with van der Waals surface area (Å²) >= 11 is 0. The maximum absolute atomic E-state index is 12.7. The van der Waals surface area contributed by atoms with E-state index in [0.717, 1.165) is 24.5 Å². The van der Waals surface area contributed by atoms with Crippen LogP contribution in [0.3, 0.4) is 0 Å². The van der Waals surface area contributed by atoms with Gasteiger partial charge in [-0.1, -0.05) is 24.3 Å². The Bertz CT molecular complexity index is 920. The molecule has 1 aromatic heterocycles. The summed E-state index contributed by atoms with van der Waals surface area (Å²) in [6.07, 6.45) is -0.676. The molecule has 0 radical (unpaired) electrons. The van der Waals surface area contributed by atoms with Crippen molar-refractivity contribution in [3.05, 3.63) is 83.4 Å². The van der Waals surface area contributed by atoms with Gasteiger partial charge in [-0.15, -0.1) is 0 Å². The molecule has 3 aromatic rings. The van der Waals surface area contributed by atoms with Crippen molar-refractivity contribution in [1.82, 2.24) is 14.5 Å². The quantitative estimate of drug-likeness (QED) is 0.540. The standard InChI is InChI=1S/C22H24F3N3O/c1-17-5-3-4-6-18(17)15-28(16-21-26-11-12-27(21)2)13-14-29-20-9-7-19(8-10-20)22(23,24)25/h3-12H,13-16H2,1-2H3. The molecule has 4 nitrogen and oxygen atoms in total. The van der Waals surface area contributed by atoms with E-state index in [1.165, 1.54) is 23.3 Å². The lowest BCUT2D eigenvalue weighted by Gasteiger charge is -2.23. The minimum absolute atomic E-state index is 0.363. The first-order chi connectivity index (χ1) is 13.8. The van der Waals surface area contributed by atoms with E-state index in [4.69, 9.17) is 4.74 Å². The first-order valence-electron chi connectivity index (χ1n) is 9.36. The predicted molar refractivity (Wildman–Crippen MR) is 105 cm³/mol. The van der Waals surface area contributed by atoms with Crippen LogP contribution in [-0.4, -0.2) is 27.6 Å². The summed E-state index contributed by atoms with van der Waals surface area (Å²) in [4.78, 5) is 6.61. The Labute approximate surface area is 168 Å². The molecule has 0 fully saturated rings. The van der Waals surface area contributed by atoms with Gasteiger partial charge >= 0.3 is 6.18 Å². The number of ether oxygens (including phenoxy) is 1. The maximum Gasteiger partial charge on any atom is 0.416 e. The molecule has 2 aromatic carbocycles. The number of aromatic nitrogens is 2. The van der Waals surface area contributed by atoms with Crippen LogP contribution in [0.15, 0.2) is 60.9 Å². The Morgan fingerprint density at radius 1 is 1.03 bits per heavy atom. The zero-order chi connectivity index (χ0) is 20.9. The van der Waals surface area contributed by atoms with Gasteiger partial charge in [0, 0.05) is 32.5 Å². The summed E-state index contributed by atoms with van der Waals surface area (Å²) in [6.45, 7) is 4.43. The Morgan fingerprint density at radius 2 is 1.76 bits per heavy atom. The molecule has 29 heavy (non-hydrogen) atoms. The lowest BCUT2D eigenvalue weighted by Crippen LogP contribution is -2.29. The molecule has 0 aliphatic carbocycles. The highest BCUT2D eigenvalue weighted by atomic mass is 19.4. The van der Waals surface area contributed by atoms with Crippen molar-refractivity contribution in [1.29, 1.82) is 0 Å². The molecule has 0 atom stereocenters. The average Bonchev–Trinajstić information content (AvgIpc) is 3.08. The average molecular weight is 403 g/mol. The zero-order valence-electron chi connectivity index (χ0n) is 16.5. The first kappa shape index (κ1) is 20.9. The molecule has 0 aliphatic heterocycles. The van der Waals surface area contributed by atoms with E-state index < -0.39 is 11.7 Å². The fourth-order valence-electron chi connectivity index (χ4n) is 3.02. The summed E-state index contributed by atoms with van der Waals surface area (Å²) < 4.78 is 45.7. The zero-order valence-corrected chi connectivity index (χ0v) is 16.5. The summed E-state index contributed by atoms with van der Waals surface area (Å²) in [7, 11) is 1.95. The van der Waals surface area contributed by atoms with E-state index in [2.05, 4.69) is 28.9 Å². The Kier molecular flexibility index (Phi) is 6.59. The fraction of sp³-hybridized carbons (Fsp3) is 0.318. The van der Waals surface area contributed by atoms with Gasteiger partial charge in [0.1, 0.15) is 18.2 Å². The van der Waals surface area contributed by atoms with E-state index in [-0.39, 0.29) is 0 Å². The number of alkyl halides is 3. The molecule has 7 heteroatoms. The number of hydrogen-bond donors (Lipinski definition) is 0. The molecule has 0 N–H and O–H groups in total. The highest BCUT2D eigenvalue weighted by molar-refractivity contribution is 5.29. The third-order valence-electron chi connectivity index (χ3n) is 4.80. The van der Waals surface area contributed by atoms with Crippen LogP contribution in [0.1, 0.15) is 22.5 Å². The molecule has 0 bridgehead atoms. The van der Waals surface area contributed by atoms with Crippen LogP contribution in [0.5, 0.6) is 5.75 Å². The van der Waals surface area contributed by atoms with Crippen molar-refractivity contribution < 1.29 is 17.9 Å². The third-order valence-corrected chi connectivity index (χ3v) is 4.80. The number of benzene rings is 2. The monoisotopic (exact) mass is 403 g/mol. The maximum atomic E-state index is 12.7. The first-order valence-corrected chi connectivity index (χ1v) is 9.36. The number of rotatable bonds is 8. The second-order valence-electron chi connectivity index (χ2n) is 6.96. The van der Waals surface area contributed by atoms with Crippen LogP contribution in [0, 0.1) is 6.92 Å². The van der Waals surface area contributed by atoms with Gasteiger partial charge in [0.15, 0.2) is 0 Å². The molecule has 1 heterocycles. The van der Waals surface area contributed by atoms with Crippen molar-refractivity contribution in [2.45, 2.75) is 26.2 Å². The van der Waals surface area contributed by atoms with Crippen LogP contribution in [0.25, 0.3) is 0 Å². The third kappa shape index (κ3) is 5.84. The van der Waals surface area contributed by atoms with Gasteiger partial charge in [0.25, 0.3) is 0 Å². The van der Waals surface area contributed by atoms with Crippen LogP contribution < -0.4 is 4.74 Å². The van der Waals surface area contributed by atoms with Crippen LogP contribution in [0.4, 0.5) is 13.2 Å². The predicted octanol–water partition coefficient (Wildman–Crippen LogP) is 4.83. The van der Waals surface area contributed by atoms with Crippen LogP contribution in [-0.2, 0) is 26.3 Å². The van der Waals surface area contributed by atoms with Crippen molar-refractivity contribution in [3.63, 3.8) is 0 Å². The second kappa shape index (κ2) is 9.13. The summed E-state index contributed by atoms with van der Waals surface area (Å²) in [5.41, 5.74) is 1.75. The molecule has 0 saturated heterocycles. The molecular formula is C22H24F3N3O. The molecule has 0 saturated carbocycles. The van der Waals surface area contributed by atoms with Gasteiger partial charge in [-0.3, -0.25) is 4.90 Å². The highest BCUT2D eigenvalue weighted by Gasteiger charge is 2.30. The fourth-order valence-corrected chi connectivity index (χ4v) is 3.02. The number of nitrogens with zero attached hydrogens (tertiary/aromatic N) is 3. The normalized spacial score (nSPS) is 11.8. The number of imidazole rings is 1. The molecule has 0 amide bonds. The molecule has 154 valence electrons. The Hall–Kier alpha value is -2.80. The molecule has 3 rings (SSSR count). The highest BCUT2D eigenvalue weighted by Crippen LogP contribution is 2.30. The van der Waals surface area contributed by atoms with E-state index in [1.807, 2.05) is 29.9 Å². The summed E-state index contributed by atoms with van der Waals surface area (Å²) in [6, 6.07) is 13.0. The Balaban J connectivity index is 1.63. The second-order valence-corrected chi connectivity index (χ2v) is 6.96. The van der Waals surface area contributed by atoms with Crippen molar-refractivity contribution in [2.24, 2.45) is 7.05 Å². The SMILES string of the molecule is Cc1ccccc1CN(CCOc1ccc(C(F)(F)F)cc1)Cc1nccn1C. The van der Waals surface area contributed by atoms with Crippen LogP contribution >= 0.6 is 0 Å². The van der Waals surface area contributed by atoms with E-state index in [9.17, 15) is 13.2 Å². The lowest BCUT2D eigenvalue weighted by atomic mass is 10.1. The topological polar surface area (TPSA) is 30.3 Å². The smallest absolute Gasteiger partial charge is 0.416 e. The summed E-state index contributed by atoms with van der Waals surface area (Å²) in [5.74, 6) is 1.36. The van der Waals surface area contributed by atoms with E-state index in [1.54, 1.807) is 6.20 Å². The largest absolute Gasteiger partial charge is 0.492 e. The summed E-state index contributed by atoms with van der Waals surface area (Å²) in [5, 5.41) is 0. The minimum atomic E-state index is -4.34. The van der Waals surface area contributed by atoms with Gasteiger partial charge in [0.2, 0.25) is 0 Å². The van der Waals surface area contributed by atoms with Crippen molar-refractivity contribution in [3.8, 4) is 5.75 Å². The number of hydrogen-bond acceptors (Lipinski definition) is 3. The lowest BCUT2D eigenvalue weighted by molar-refractivity contribution is -0.137. The van der Waals surface area contributed by atoms with Gasteiger partial charge in [-0.25, -0.2) is 4.98 Å². The number of halogens is 3. The van der Waals surface area contributed by atoms with Gasteiger partial charge in [-0.2, -0.15) is 13.2 Å². The van der Waals surface area contributed by atoms with E-state index in [0.29, 0.717) is 25.4 Å². The van der Waals surface area contributed by atoms with Crippen molar-refractivity contribution >= 4 is 0 Å². The van der Waals surface area contributed by atoms with Crippen molar-refractivity contribution in [2.75, 3.05) is 13.2 Å².